The van der Waals surface area contributed by atoms with Crippen molar-refractivity contribution in [3.05, 3.63) is 58.1 Å². The van der Waals surface area contributed by atoms with Crippen molar-refractivity contribution in [3.63, 3.8) is 0 Å². The van der Waals surface area contributed by atoms with E-state index in [1.54, 1.807) is 12.1 Å². The van der Waals surface area contributed by atoms with Crippen LogP contribution in [0.25, 0.3) is 0 Å². The minimum atomic E-state index is -1.79. The number of phenolic OH excluding ortho intramolecular Hbond substituents is 1. The summed E-state index contributed by atoms with van der Waals surface area (Å²) < 4.78 is 11.0. The number of aliphatic hydroxyl groups excluding tert-OH is 4. The van der Waals surface area contributed by atoms with Crippen molar-refractivity contribution in [2.24, 2.45) is 16.5 Å². The molecule has 4 rings (SSSR count). The molecule has 0 saturated carbocycles. The lowest BCUT2D eigenvalue weighted by atomic mass is 9.82. The van der Waals surface area contributed by atoms with E-state index in [-0.39, 0.29) is 46.1 Å². The van der Waals surface area contributed by atoms with Crippen molar-refractivity contribution in [2.75, 3.05) is 6.61 Å². The predicted octanol–water partition coefficient (Wildman–Crippen LogP) is -1.88. The van der Waals surface area contributed by atoms with Gasteiger partial charge in [0, 0.05) is 22.3 Å². The highest BCUT2D eigenvalue weighted by atomic mass is 16.7. The van der Waals surface area contributed by atoms with E-state index >= 15 is 0 Å². The Kier molecular flexibility index (Phi) is 6.25. The number of hydrogen-bond donors (Lipinski definition) is 7. The number of aliphatic imine (C=N–C) groups is 1. The van der Waals surface area contributed by atoms with Gasteiger partial charge >= 0.3 is 0 Å². The maximum Gasteiger partial charge on any atom is 0.229 e. The van der Waals surface area contributed by atoms with Gasteiger partial charge in [-0.1, -0.05) is 24.3 Å². The Bertz CT molecular complexity index is 1180. The highest BCUT2D eigenvalue weighted by molar-refractivity contribution is 6.29. The fraction of sp³-hybridized carbons (Fsp3) is 0.318. The van der Waals surface area contributed by atoms with Crippen LogP contribution in [0.3, 0.4) is 0 Å². The van der Waals surface area contributed by atoms with Crippen LogP contribution in [0.1, 0.15) is 37.4 Å². The molecule has 1 saturated heterocycles. The van der Waals surface area contributed by atoms with Gasteiger partial charge in [0.1, 0.15) is 24.4 Å². The number of fused-ring (bicyclic) bond motifs is 2. The molecule has 9 N–H and O–H groups in total. The van der Waals surface area contributed by atoms with Gasteiger partial charge in [0.05, 0.1) is 18.7 Å². The maximum atomic E-state index is 13.1. The molecular weight excluding hydrogens is 450 g/mol. The number of rotatable bonds is 5. The molecule has 1 heterocycles. The smallest absolute Gasteiger partial charge is 0.229 e. The summed E-state index contributed by atoms with van der Waals surface area (Å²) in [6.07, 6.45) is -8.11. The molecule has 2 aromatic rings. The minimum Gasteiger partial charge on any atom is -0.504 e. The molecule has 0 bridgehead atoms. The van der Waals surface area contributed by atoms with Crippen LogP contribution in [0, 0.1) is 0 Å². The molecule has 2 aliphatic rings. The molecule has 34 heavy (non-hydrogen) atoms. The fourth-order valence-corrected chi connectivity index (χ4v) is 3.98. The van der Waals surface area contributed by atoms with Gasteiger partial charge in [0.25, 0.3) is 0 Å². The first kappa shape index (κ1) is 23.6. The number of hydrogen-bond acceptors (Lipinski definition) is 10. The summed E-state index contributed by atoms with van der Waals surface area (Å²) in [5.74, 6) is -2.54. The zero-order chi connectivity index (χ0) is 24.7. The number of benzene rings is 2. The van der Waals surface area contributed by atoms with E-state index in [1.165, 1.54) is 18.2 Å². The molecule has 12 heteroatoms. The summed E-state index contributed by atoms with van der Waals surface area (Å²) >= 11 is 0. The third-order valence-corrected chi connectivity index (χ3v) is 5.73. The van der Waals surface area contributed by atoms with E-state index < -0.39 is 54.6 Å². The van der Waals surface area contributed by atoms with Crippen LogP contribution in [-0.2, 0) is 11.3 Å². The Morgan fingerprint density at radius 1 is 1.00 bits per heavy atom. The molecule has 0 spiro atoms. The summed E-state index contributed by atoms with van der Waals surface area (Å²) in [7, 11) is 0. The van der Waals surface area contributed by atoms with Crippen LogP contribution in [0.4, 0.5) is 0 Å². The van der Waals surface area contributed by atoms with Crippen LogP contribution in [0.2, 0.25) is 0 Å². The second-order valence-electron chi connectivity index (χ2n) is 7.90. The first-order valence-electron chi connectivity index (χ1n) is 10.3. The van der Waals surface area contributed by atoms with E-state index in [2.05, 4.69) is 4.99 Å². The number of phenols is 1. The number of ether oxygens (including phenoxy) is 2. The summed E-state index contributed by atoms with van der Waals surface area (Å²) in [6, 6.07) is 7.40. The summed E-state index contributed by atoms with van der Waals surface area (Å²) in [4.78, 5) is 30.1. The first-order valence-corrected chi connectivity index (χ1v) is 10.3. The second-order valence-corrected chi connectivity index (χ2v) is 7.90. The molecule has 0 radical (unpaired) electrons. The largest absolute Gasteiger partial charge is 0.504 e. The summed E-state index contributed by atoms with van der Waals surface area (Å²) in [5.41, 5.74) is 10.7. The molecule has 1 aliphatic heterocycles. The van der Waals surface area contributed by atoms with Crippen LogP contribution in [-0.4, -0.2) is 80.4 Å². The normalized spacial score (nSPS) is 25.9. The third-order valence-electron chi connectivity index (χ3n) is 5.73. The SMILES string of the molecule is NC(N)=NCc1cc2c(c(O)c1O[C@H]1O[C@@H](CO)[C@H](O)[C@@H](O)[C@@H]1O)C(=O)c1ccccc1C2=O. The van der Waals surface area contributed by atoms with Crippen LogP contribution in [0.15, 0.2) is 35.3 Å². The summed E-state index contributed by atoms with van der Waals surface area (Å²) in [5, 5.41) is 50.8. The van der Waals surface area contributed by atoms with Crippen molar-refractivity contribution in [1.82, 2.24) is 0 Å². The Balaban J connectivity index is 1.83. The van der Waals surface area contributed by atoms with E-state index in [0.29, 0.717) is 0 Å². The first-order chi connectivity index (χ1) is 16.1. The van der Waals surface area contributed by atoms with Gasteiger partial charge < -0.3 is 46.5 Å². The maximum absolute atomic E-state index is 13.1. The number of guanidine groups is 1. The Labute approximate surface area is 192 Å². The second kappa shape index (κ2) is 9.00. The van der Waals surface area contributed by atoms with E-state index in [0.717, 1.165) is 0 Å². The van der Waals surface area contributed by atoms with Gasteiger partial charge in [0.15, 0.2) is 29.0 Å². The third kappa shape index (κ3) is 3.87. The highest BCUT2D eigenvalue weighted by Crippen LogP contribution is 2.42. The fourth-order valence-electron chi connectivity index (χ4n) is 3.98. The summed E-state index contributed by atoms with van der Waals surface area (Å²) in [6.45, 7) is -0.981. The lowest BCUT2D eigenvalue weighted by Gasteiger charge is -2.39. The molecule has 0 unspecified atom stereocenters. The van der Waals surface area contributed by atoms with Gasteiger partial charge in [-0.05, 0) is 6.07 Å². The number of aromatic hydroxyl groups is 1. The van der Waals surface area contributed by atoms with Gasteiger partial charge in [-0.15, -0.1) is 0 Å². The molecule has 2 aromatic carbocycles. The molecule has 5 atom stereocenters. The van der Waals surface area contributed by atoms with Crippen molar-refractivity contribution < 1.29 is 44.6 Å². The average Bonchev–Trinajstić information content (AvgIpc) is 2.82. The van der Waals surface area contributed by atoms with E-state index in [1.807, 2.05) is 0 Å². The number of aliphatic hydroxyl groups is 4. The van der Waals surface area contributed by atoms with Gasteiger partial charge in [-0.2, -0.15) is 0 Å². The molecule has 1 fully saturated rings. The molecule has 12 nitrogen and oxygen atoms in total. The topological polar surface area (TPSA) is 218 Å². The minimum absolute atomic E-state index is 0.0714. The monoisotopic (exact) mass is 473 g/mol. The standard InChI is InChI=1S/C22H23N3O9/c23-22(24)25-6-8-5-11-13(15(28)10-4-2-1-3-9(10)14(11)27)17(30)20(8)34-21-19(32)18(31)16(29)12(7-26)33-21/h1-5,12,16,18-19,21,26,29-32H,6-7H2,(H4,23,24,25)/t12-,16-,18+,19-,21+/m0/s1. The lowest BCUT2D eigenvalue weighted by molar-refractivity contribution is -0.277. The number of carbonyl (C=O) groups excluding carboxylic acids is 2. The van der Waals surface area contributed by atoms with Crippen LogP contribution >= 0.6 is 0 Å². The zero-order valence-electron chi connectivity index (χ0n) is 17.7. The Morgan fingerprint density at radius 2 is 1.65 bits per heavy atom. The molecule has 0 amide bonds. The number of carbonyl (C=O) groups is 2. The predicted molar refractivity (Wildman–Crippen MR) is 115 cm³/mol. The van der Waals surface area contributed by atoms with Gasteiger partial charge in [-0.3, -0.25) is 9.59 Å². The number of ketones is 2. The van der Waals surface area contributed by atoms with Crippen LogP contribution in [0.5, 0.6) is 11.5 Å². The molecular formula is C22H23N3O9. The van der Waals surface area contributed by atoms with E-state index in [9.17, 15) is 35.1 Å². The Morgan fingerprint density at radius 3 is 2.26 bits per heavy atom. The Hall–Kier alpha value is -3.55. The lowest BCUT2D eigenvalue weighted by Crippen LogP contribution is -2.60. The van der Waals surface area contributed by atoms with Crippen molar-refractivity contribution in [2.45, 2.75) is 37.3 Å². The molecule has 0 aromatic heterocycles. The number of nitrogens with two attached hydrogens (primary N) is 2. The van der Waals surface area contributed by atoms with Gasteiger partial charge in [-0.25, -0.2) is 4.99 Å². The van der Waals surface area contributed by atoms with E-state index in [4.69, 9.17) is 20.9 Å². The van der Waals surface area contributed by atoms with Crippen molar-refractivity contribution >= 4 is 17.5 Å². The number of nitrogens with zero attached hydrogens (tertiary/aromatic N) is 1. The van der Waals surface area contributed by atoms with Crippen molar-refractivity contribution in [1.29, 1.82) is 0 Å². The molecule has 180 valence electrons. The van der Waals surface area contributed by atoms with Crippen molar-refractivity contribution in [3.8, 4) is 11.5 Å². The quantitative estimate of drug-likeness (QED) is 0.161. The molecule has 1 aliphatic carbocycles. The average molecular weight is 473 g/mol. The van der Waals surface area contributed by atoms with Gasteiger partial charge in [0.2, 0.25) is 6.29 Å². The van der Waals surface area contributed by atoms with Crippen LogP contribution < -0.4 is 16.2 Å². The highest BCUT2D eigenvalue weighted by Gasteiger charge is 2.45. The zero-order valence-corrected chi connectivity index (χ0v) is 17.7.